The molecule has 0 aliphatic carbocycles. The van der Waals surface area contributed by atoms with Crippen LogP contribution in [0.25, 0.3) is 0 Å². The summed E-state index contributed by atoms with van der Waals surface area (Å²) in [6, 6.07) is 1.28. The molecule has 0 aromatic carbocycles. The molecule has 0 aromatic heterocycles. The number of unbranched alkanes of at least 4 members (excludes halogenated alkanes) is 5. The van der Waals surface area contributed by atoms with Crippen molar-refractivity contribution >= 4 is 14.7 Å². The van der Waals surface area contributed by atoms with Crippen LogP contribution in [0.15, 0.2) is 4.99 Å². The molecule has 0 amide bonds. The number of hydrogen-bond acceptors (Lipinski definition) is 3. The van der Waals surface area contributed by atoms with Crippen molar-refractivity contribution in [3.63, 3.8) is 0 Å². The molecule has 112 valence electrons. The standard InChI is InChI=1S/C15H32N2OSi/c1-4-5-6-7-8-9-11-16-12-14-17-13-10-15-19(17,3)18-2/h11H,4-10,12-15H2,1-3H3. The van der Waals surface area contributed by atoms with Crippen molar-refractivity contribution < 1.29 is 4.43 Å². The van der Waals surface area contributed by atoms with Crippen molar-refractivity contribution in [2.24, 2.45) is 4.99 Å². The highest BCUT2D eigenvalue weighted by atomic mass is 28.4. The van der Waals surface area contributed by atoms with Crippen LogP contribution < -0.4 is 0 Å². The molecule has 0 bridgehead atoms. The molecule has 1 aliphatic heterocycles. The second kappa shape index (κ2) is 9.67. The summed E-state index contributed by atoms with van der Waals surface area (Å²) in [6.45, 7) is 7.83. The monoisotopic (exact) mass is 284 g/mol. The van der Waals surface area contributed by atoms with Gasteiger partial charge < -0.3 is 8.99 Å². The second-order valence-corrected chi connectivity index (χ2v) is 9.65. The normalized spacial score (nSPS) is 24.6. The van der Waals surface area contributed by atoms with E-state index in [4.69, 9.17) is 4.43 Å². The topological polar surface area (TPSA) is 24.8 Å². The third kappa shape index (κ3) is 6.19. The van der Waals surface area contributed by atoms with Crippen molar-refractivity contribution in [1.29, 1.82) is 0 Å². The van der Waals surface area contributed by atoms with Crippen LogP contribution >= 0.6 is 0 Å². The number of nitrogens with zero attached hydrogens (tertiary/aromatic N) is 2. The van der Waals surface area contributed by atoms with Crippen LogP contribution in [0.2, 0.25) is 12.6 Å². The van der Waals surface area contributed by atoms with Gasteiger partial charge in [0.15, 0.2) is 0 Å². The third-order valence-electron chi connectivity index (χ3n) is 4.24. The molecular weight excluding hydrogens is 252 g/mol. The van der Waals surface area contributed by atoms with Gasteiger partial charge in [0.1, 0.15) is 0 Å². The summed E-state index contributed by atoms with van der Waals surface area (Å²) in [5, 5.41) is 0. The van der Waals surface area contributed by atoms with E-state index in [1.165, 1.54) is 51.1 Å². The average molecular weight is 285 g/mol. The SMILES string of the molecule is CCCCCCCC=NCCN1CCC[Si]1(C)OC. The Morgan fingerprint density at radius 2 is 2.05 bits per heavy atom. The first-order chi connectivity index (χ1) is 9.23. The Morgan fingerprint density at radius 3 is 2.79 bits per heavy atom. The van der Waals surface area contributed by atoms with Crippen LogP contribution in [-0.2, 0) is 4.43 Å². The highest BCUT2D eigenvalue weighted by molar-refractivity contribution is 6.70. The van der Waals surface area contributed by atoms with E-state index in [1.54, 1.807) is 0 Å². The summed E-state index contributed by atoms with van der Waals surface area (Å²) < 4.78 is 8.32. The van der Waals surface area contributed by atoms with E-state index in [0.29, 0.717) is 0 Å². The van der Waals surface area contributed by atoms with Gasteiger partial charge in [0.25, 0.3) is 8.48 Å². The van der Waals surface area contributed by atoms with E-state index >= 15 is 0 Å². The molecule has 4 heteroatoms. The summed E-state index contributed by atoms with van der Waals surface area (Å²) in [4.78, 5) is 4.55. The lowest BCUT2D eigenvalue weighted by molar-refractivity contribution is 0.320. The maximum atomic E-state index is 5.76. The maximum Gasteiger partial charge on any atom is 0.267 e. The Balaban J connectivity index is 2.03. The van der Waals surface area contributed by atoms with Gasteiger partial charge in [0.2, 0.25) is 0 Å². The largest absolute Gasteiger partial charge is 0.406 e. The zero-order valence-electron chi connectivity index (χ0n) is 13.2. The van der Waals surface area contributed by atoms with E-state index < -0.39 is 8.48 Å². The van der Waals surface area contributed by atoms with Gasteiger partial charge in [-0.3, -0.25) is 4.99 Å². The zero-order chi connectivity index (χ0) is 14.0. The van der Waals surface area contributed by atoms with Crippen molar-refractivity contribution in [2.75, 3.05) is 26.7 Å². The van der Waals surface area contributed by atoms with Gasteiger partial charge in [0, 0.05) is 13.7 Å². The predicted molar refractivity (Wildman–Crippen MR) is 86.4 cm³/mol. The summed E-state index contributed by atoms with van der Waals surface area (Å²) in [5.74, 6) is 0. The molecule has 1 unspecified atom stereocenters. The number of aliphatic imine (C=N–C) groups is 1. The van der Waals surface area contributed by atoms with E-state index in [0.717, 1.165) is 19.5 Å². The number of hydrogen-bond donors (Lipinski definition) is 0. The summed E-state index contributed by atoms with van der Waals surface area (Å²) in [7, 11) is 0.359. The maximum absolute atomic E-state index is 5.76. The lowest BCUT2D eigenvalue weighted by Gasteiger charge is -2.30. The molecule has 1 aliphatic rings. The zero-order valence-corrected chi connectivity index (χ0v) is 14.2. The minimum absolute atomic E-state index is 0.945. The van der Waals surface area contributed by atoms with Gasteiger partial charge in [-0.2, -0.15) is 0 Å². The lowest BCUT2D eigenvalue weighted by atomic mass is 10.1. The van der Waals surface area contributed by atoms with Crippen LogP contribution in [0.5, 0.6) is 0 Å². The fourth-order valence-corrected chi connectivity index (χ4v) is 5.57. The molecule has 0 N–H and O–H groups in total. The molecule has 3 nitrogen and oxygen atoms in total. The van der Waals surface area contributed by atoms with E-state index in [2.05, 4.69) is 29.2 Å². The van der Waals surface area contributed by atoms with Crippen LogP contribution in [0.3, 0.4) is 0 Å². The second-order valence-electron chi connectivity index (χ2n) is 5.76. The van der Waals surface area contributed by atoms with Gasteiger partial charge >= 0.3 is 0 Å². The molecule has 1 heterocycles. The smallest absolute Gasteiger partial charge is 0.267 e. The van der Waals surface area contributed by atoms with Crippen molar-refractivity contribution in [3.05, 3.63) is 0 Å². The Labute approximate surface area is 120 Å². The van der Waals surface area contributed by atoms with Gasteiger partial charge in [0.05, 0.1) is 6.54 Å². The summed E-state index contributed by atoms with van der Waals surface area (Å²) >= 11 is 0. The molecule has 0 radical (unpaired) electrons. The van der Waals surface area contributed by atoms with Gasteiger partial charge in [-0.15, -0.1) is 0 Å². The Bertz CT molecular complexity index is 261. The first kappa shape index (κ1) is 16.9. The van der Waals surface area contributed by atoms with Crippen molar-refractivity contribution in [3.8, 4) is 0 Å². The van der Waals surface area contributed by atoms with Crippen LogP contribution in [0.1, 0.15) is 51.9 Å². The van der Waals surface area contributed by atoms with Gasteiger partial charge in [-0.25, -0.2) is 0 Å². The molecular formula is C15H32N2OSi. The van der Waals surface area contributed by atoms with Crippen LogP contribution in [-0.4, -0.2) is 46.0 Å². The predicted octanol–water partition coefficient (Wildman–Crippen LogP) is 3.84. The highest BCUT2D eigenvalue weighted by Crippen LogP contribution is 2.25. The van der Waals surface area contributed by atoms with Crippen LogP contribution in [0, 0.1) is 0 Å². The summed E-state index contributed by atoms with van der Waals surface area (Å²) in [5.41, 5.74) is 0. The Morgan fingerprint density at radius 1 is 1.26 bits per heavy atom. The first-order valence-electron chi connectivity index (χ1n) is 8.01. The minimum Gasteiger partial charge on any atom is -0.406 e. The highest BCUT2D eigenvalue weighted by Gasteiger charge is 2.39. The molecule has 0 aromatic rings. The molecule has 1 fully saturated rings. The van der Waals surface area contributed by atoms with Gasteiger partial charge in [-0.1, -0.05) is 32.6 Å². The van der Waals surface area contributed by atoms with Crippen molar-refractivity contribution in [1.82, 2.24) is 4.57 Å². The minimum atomic E-state index is -1.52. The number of rotatable bonds is 10. The fraction of sp³-hybridized carbons (Fsp3) is 0.933. The van der Waals surface area contributed by atoms with E-state index in [-0.39, 0.29) is 0 Å². The quantitative estimate of drug-likeness (QED) is 0.346. The lowest BCUT2D eigenvalue weighted by Crippen LogP contribution is -2.49. The van der Waals surface area contributed by atoms with Gasteiger partial charge in [-0.05, 0) is 44.6 Å². The molecule has 0 saturated carbocycles. The molecule has 1 atom stereocenters. The molecule has 1 rings (SSSR count). The average Bonchev–Trinajstić information content (AvgIpc) is 2.79. The fourth-order valence-electron chi connectivity index (χ4n) is 2.77. The summed E-state index contributed by atoms with van der Waals surface area (Å²) in [6.07, 6.45) is 11.3. The first-order valence-corrected chi connectivity index (χ1v) is 10.6. The molecule has 0 spiro atoms. The van der Waals surface area contributed by atoms with E-state index in [9.17, 15) is 0 Å². The van der Waals surface area contributed by atoms with Crippen LogP contribution in [0.4, 0.5) is 0 Å². The third-order valence-corrected chi connectivity index (χ3v) is 8.19. The Kier molecular flexibility index (Phi) is 8.58. The molecule has 19 heavy (non-hydrogen) atoms. The van der Waals surface area contributed by atoms with E-state index in [1.807, 2.05) is 7.11 Å². The molecule has 1 saturated heterocycles. The van der Waals surface area contributed by atoms with Crippen molar-refractivity contribution in [2.45, 2.75) is 64.5 Å². The Hall–Kier alpha value is -0.193.